The van der Waals surface area contributed by atoms with Gasteiger partial charge >= 0.3 is 0 Å². The van der Waals surface area contributed by atoms with Crippen LogP contribution in [-0.4, -0.2) is 73.9 Å². The Hall–Kier alpha value is -0.420. The normalized spacial score (nSPS) is 33.4. The molecule has 0 aromatic rings. The second-order valence-corrected chi connectivity index (χ2v) is 8.45. The van der Waals surface area contributed by atoms with Crippen LogP contribution in [0, 0.1) is 5.92 Å². The molecule has 2 aliphatic heterocycles. The number of hydrogen-bond acceptors (Lipinski definition) is 4. The molecule has 0 bridgehead atoms. The fraction of sp³-hybridized carbons (Fsp3) is 0.905. The maximum atomic E-state index is 6.37. The SMILES string of the molecule is C=CCCN1CCN(CC2CCC(OC3CCNCC3)CC2)CC1C. The summed E-state index contributed by atoms with van der Waals surface area (Å²) in [7, 11) is 0. The zero-order valence-corrected chi connectivity index (χ0v) is 16.3. The van der Waals surface area contributed by atoms with E-state index in [1.54, 1.807) is 0 Å². The lowest BCUT2D eigenvalue weighted by Gasteiger charge is -2.42. The van der Waals surface area contributed by atoms with Crippen LogP contribution in [0.5, 0.6) is 0 Å². The molecule has 3 aliphatic rings. The van der Waals surface area contributed by atoms with Crippen molar-refractivity contribution in [1.29, 1.82) is 0 Å². The second-order valence-electron chi connectivity index (χ2n) is 8.45. The van der Waals surface area contributed by atoms with Crippen molar-refractivity contribution in [2.24, 2.45) is 5.92 Å². The number of nitrogens with zero attached hydrogens (tertiary/aromatic N) is 2. The van der Waals surface area contributed by atoms with Gasteiger partial charge < -0.3 is 15.0 Å². The van der Waals surface area contributed by atoms with Gasteiger partial charge in [-0.05, 0) is 70.9 Å². The van der Waals surface area contributed by atoms with Crippen molar-refractivity contribution in [2.75, 3.05) is 45.8 Å². The molecule has 4 heteroatoms. The van der Waals surface area contributed by atoms with Gasteiger partial charge in [-0.2, -0.15) is 0 Å². The van der Waals surface area contributed by atoms with Crippen LogP contribution in [0.1, 0.15) is 51.9 Å². The van der Waals surface area contributed by atoms with Crippen molar-refractivity contribution < 1.29 is 4.74 Å². The van der Waals surface area contributed by atoms with E-state index in [1.165, 1.54) is 71.2 Å². The third-order valence-electron chi connectivity index (χ3n) is 6.45. The number of piperazine rings is 1. The van der Waals surface area contributed by atoms with E-state index in [2.05, 4.69) is 28.6 Å². The Balaban J connectivity index is 1.33. The minimum atomic E-state index is 0.521. The summed E-state index contributed by atoms with van der Waals surface area (Å²) < 4.78 is 6.37. The fourth-order valence-electron chi connectivity index (χ4n) is 4.85. The van der Waals surface area contributed by atoms with Crippen LogP contribution in [0.2, 0.25) is 0 Å². The molecule has 0 radical (unpaired) electrons. The minimum absolute atomic E-state index is 0.521. The highest BCUT2D eigenvalue weighted by atomic mass is 16.5. The van der Waals surface area contributed by atoms with E-state index < -0.39 is 0 Å². The van der Waals surface area contributed by atoms with Crippen LogP contribution in [0.15, 0.2) is 12.7 Å². The first-order chi connectivity index (χ1) is 12.2. The highest BCUT2D eigenvalue weighted by Crippen LogP contribution is 2.29. The topological polar surface area (TPSA) is 27.7 Å². The van der Waals surface area contributed by atoms with Crippen molar-refractivity contribution in [1.82, 2.24) is 15.1 Å². The van der Waals surface area contributed by atoms with E-state index >= 15 is 0 Å². The number of ether oxygens (including phenoxy) is 1. The average molecular weight is 350 g/mol. The highest BCUT2D eigenvalue weighted by Gasteiger charge is 2.28. The van der Waals surface area contributed by atoms with Crippen LogP contribution >= 0.6 is 0 Å². The van der Waals surface area contributed by atoms with Crippen molar-refractivity contribution in [3.05, 3.63) is 12.7 Å². The fourth-order valence-corrected chi connectivity index (χ4v) is 4.85. The molecule has 1 aliphatic carbocycles. The van der Waals surface area contributed by atoms with E-state index in [0.717, 1.165) is 25.4 Å². The minimum Gasteiger partial charge on any atom is -0.375 e. The summed E-state index contributed by atoms with van der Waals surface area (Å²) in [5.74, 6) is 0.889. The summed E-state index contributed by atoms with van der Waals surface area (Å²) in [6.45, 7) is 14.7. The molecule has 0 amide bonds. The third-order valence-corrected chi connectivity index (χ3v) is 6.45. The molecular weight excluding hydrogens is 310 g/mol. The Bertz CT molecular complexity index is 389. The van der Waals surface area contributed by atoms with E-state index in [1.807, 2.05) is 6.08 Å². The maximum Gasteiger partial charge on any atom is 0.0603 e. The molecule has 3 rings (SSSR count). The van der Waals surface area contributed by atoms with E-state index in [4.69, 9.17) is 4.74 Å². The smallest absolute Gasteiger partial charge is 0.0603 e. The standard InChI is InChI=1S/C21H39N3O/c1-3-4-13-24-15-14-23(16-18(24)2)17-19-5-7-20(8-6-19)25-21-9-11-22-12-10-21/h3,18-22H,1,4-17H2,2H3. The lowest BCUT2D eigenvalue weighted by molar-refractivity contribution is -0.0507. The van der Waals surface area contributed by atoms with Crippen molar-refractivity contribution in [3.8, 4) is 0 Å². The van der Waals surface area contributed by atoms with Gasteiger partial charge in [0.15, 0.2) is 0 Å². The maximum absolute atomic E-state index is 6.37. The summed E-state index contributed by atoms with van der Waals surface area (Å²) >= 11 is 0. The van der Waals surface area contributed by atoms with Gasteiger partial charge in [0.2, 0.25) is 0 Å². The second kappa shape index (κ2) is 10.1. The molecule has 25 heavy (non-hydrogen) atoms. The summed E-state index contributed by atoms with van der Waals surface area (Å²) in [4.78, 5) is 5.34. The number of rotatable bonds is 7. The van der Waals surface area contributed by atoms with Gasteiger partial charge in [0, 0.05) is 38.8 Å². The van der Waals surface area contributed by atoms with Crippen LogP contribution < -0.4 is 5.32 Å². The monoisotopic (exact) mass is 349 g/mol. The van der Waals surface area contributed by atoms with Gasteiger partial charge in [0.1, 0.15) is 0 Å². The van der Waals surface area contributed by atoms with Crippen LogP contribution in [0.25, 0.3) is 0 Å². The zero-order valence-electron chi connectivity index (χ0n) is 16.3. The van der Waals surface area contributed by atoms with Gasteiger partial charge in [0.25, 0.3) is 0 Å². The summed E-state index contributed by atoms with van der Waals surface area (Å²) in [6, 6.07) is 0.688. The molecule has 4 nitrogen and oxygen atoms in total. The molecule has 144 valence electrons. The van der Waals surface area contributed by atoms with Crippen molar-refractivity contribution >= 4 is 0 Å². The van der Waals surface area contributed by atoms with Crippen molar-refractivity contribution in [3.63, 3.8) is 0 Å². The Labute approximate surface area is 155 Å². The van der Waals surface area contributed by atoms with Gasteiger partial charge in [-0.1, -0.05) is 6.08 Å². The lowest BCUT2D eigenvalue weighted by Crippen LogP contribution is -2.53. The average Bonchev–Trinajstić information content (AvgIpc) is 2.64. The molecule has 0 aromatic carbocycles. The molecule has 2 heterocycles. The van der Waals surface area contributed by atoms with E-state index in [-0.39, 0.29) is 0 Å². The first-order valence-corrected chi connectivity index (χ1v) is 10.7. The Kier molecular flexibility index (Phi) is 7.78. The van der Waals surface area contributed by atoms with Crippen LogP contribution in [-0.2, 0) is 4.74 Å². The van der Waals surface area contributed by atoms with Gasteiger partial charge in [-0.25, -0.2) is 0 Å². The summed E-state index contributed by atoms with van der Waals surface area (Å²) in [5.41, 5.74) is 0. The van der Waals surface area contributed by atoms with E-state index in [0.29, 0.717) is 18.2 Å². The van der Waals surface area contributed by atoms with Gasteiger partial charge in [-0.15, -0.1) is 6.58 Å². The number of nitrogens with one attached hydrogen (secondary N) is 1. The molecule has 0 spiro atoms. The number of piperidine rings is 1. The predicted molar refractivity (Wildman–Crippen MR) is 105 cm³/mol. The molecule has 0 aromatic heterocycles. The Morgan fingerprint density at radius 3 is 2.44 bits per heavy atom. The Morgan fingerprint density at radius 1 is 1.04 bits per heavy atom. The molecule has 3 fully saturated rings. The lowest BCUT2D eigenvalue weighted by atomic mass is 9.86. The molecule has 1 unspecified atom stereocenters. The predicted octanol–water partition coefficient (Wildman–Crippen LogP) is 2.90. The summed E-state index contributed by atoms with van der Waals surface area (Å²) in [5, 5.41) is 3.43. The summed E-state index contributed by atoms with van der Waals surface area (Å²) in [6.07, 6.45) is 11.9. The molecule has 1 saturated carbocycles. The first-order valence-electron chi connectivity index (χ1n) is 10.7. The zero-order chi connectivity index (χ0) is 17.5. The molecule has 1 atom stereocenters. The first kappa shape index (κ1) is 19.3. The molecule has 2 saturated heterocycles. The van der Waals surface area contributed by atoms with Crippen molar-refractivity contribution in [2.45, 2.75) is 70.1 Å². The van der Waals surface area contributed by atoms with Crippen LogP contribution in [0.4, 0.5) is 0 Å². The molecule has 1 N–H and O–H groups in total. The van der Waals surface area contributed by atoms with Crippen LogP contribution in [0.3, 0.4) is 0 Å². The quantitative estimate of drug-likeness (QED) is 0.715. The third kappa shape index (κ3) is 6.06. The van der Waals surface area contributed by atoms with E-state index in [9.17, 15) is 0 Å². The number of hydrogen-bond donors (Lipinski definition) is 1. The van der Waals surface area contributed by atoms with Gasteiger partial charge in [0.05, 0.1) is 12.2 Å². The molecular formula is C21H39N3O. The van der Waals surface area contributed by atoms with Gasteiger partial charge in [-0.3, -0.25) is 4.90 Å². The Morgan fingerprint density at radius 2 is 1.76 bits per heavy atom. The largest absolute Gasteiger partial charge is 0.375 e. The highest BCUT2D eigenvalue weighted by molar-refractivity contribution is 4.84.